The second-order valence-electron chi connectivity index (χ2n) is 9.17. The summed E-state index contributed by atoms with van der Waals surface area (Å²) >= 11 is 0. The molecular formula is C25H35N3O4S. The van der Waals surface area contributed by atoms with Crippen LogP contribution in [0.3, 0.4) is 0 Å². The van der Waals surface area contributed by atoms with Crippen LogP contribution in [0.15, 0.2) is 65.6 Å². The quantitative estimate of drug-likeness (QED) is 0.573. The van der Waals surface area contributed by atoms with Crippen LogP contribution in [-0.2, 0) is 26.2 Å². The summed E-state index contributed by atoms with van der Waals surface area (Å²) in [5, 5.41) is 2.93. The Labute approximate surface area is 197 Å². The van der Waals surface area contributed by atoms with Crippen LogP contribution in [0.25, 0.3) is 0 Å². The molecule has 0 unspecified atom stereocenters. The lowest BCUT2D eigenvalue weighted by Crippen LogP contribution is -2.52. The Morgan fingerprint density at radius 3 is 2.06 bits per heavy atom. The Morgan fingerprint density at radius 2 is 1.52 bits per heavy atom. The Morgan fingerprint density at radius 1 is 0.970 bits per heavy atom. The topological polar surface area (TPSA) is 86.8 Å². The van der Waals surface area contributed by atoms with E-state index in [1.54, 1.807) is 42.2 Å². The second-order valence-corrected chi connectivity index (χ2v) is 11.2. The SMILES string of the molecule is C[C@@H](C(=O)NC(C)(C)C)N(Cc1ccccc1)C(=O)CCCN(C)S(=O)(=O)c1ccccc1. The first kappa shape index (κ1) is 26.5. The van der Waals surface area contributed by atoms with Crippen LogP contribution in [-0.4, -0.2) is 54.6 Å². The molecule has 0 bridgehead atoms. The molecule has 1 N–H and O–H groups in total. The maximum absolute atomic E-state index is 13.1. The van der Waals surface area contributed by atoms with E-state index >= 15 is 0 Å². The van der Waals surface area contributed by atoms with Gasteiger partial charge in [-0.2, -0.15) is 0 Å². The van der Waals surface area contributed by atoms with E-state index in [9.17, 15) is 18.0 Å². The number of carbonyl (C=O) groups excluding carboxylic acids is 2. The first-order valence-electron chi connectivity index (χ1n) is 11.1. The van der Waals surface area contributed by atoms with Crippen molar-refractivity contribution in [3.05, 3.63) is 66.2 Å². The van der Waals surface area contributed by atoms with Gasteiger partial charge in [-0.25, -0.2) is 12.7 Å². The summed E-state index contributed by atoms with van der Waals surface area (Å²) in [5.74, 6) is -0.420. The number of amides is 2. The monoisotopic (exact) mass is 473 g/mol. The minimum absolute atomic E-state index is 0.134. The Hall–Kier alpha value is -2.71. The molecule has 2 amide bonds. The molecule has 2 aromatic rings. The van der Waals surface area contributed by atoms with Crippen LogP contribution in [0.4, 0.5) is 0 Å². The molecule has 0 heterocycles. The van der Waals surface area contributed by atoms with Crippen molar-refractivity contribution >= 4 is 21.8 Å². The fourth-order valence-corrected chi connectivity index (χ4v) is 4.56. The van der Waals surface area contributed by atoms with Crippen molar-refractivity contribution < 1.29 is 18.0 Å². The smallest absolute Gasteiger partial charge is 0.242 e. The van der Waals surface area contributed by atoms with Gasteiger partial charge in [0, 0.05) is 32.1 Å². The van der Waals surface area contributed by atoms with Gasteiger partial charge < -0.3 is 10.2 Å². The van der Waals surface area contributed by atoms with Crippen molar-refractivity contribution in [2.75, 3.05) is 13.6 Å². The summed E-state index contributed by atoms with van der Waals surface area (Å²) in [7, 11) is -2.10. The highest BCUT2D eigenvalue weighted by Crippen LogP contribution is 2.16. The molecule has 0 spiro atoms. The molecule has 2 aromatic carbocycles. The lowest BCUT2D eigenvalue weighted by molar-refractivity contribution is -0.141. The Kier molecular flexibility index (Phi) is 9.19. The van der Waals surface area contributed by atoms with Gasteiger partial charge in [0.15, 0.2) is 0 Å². The zero-order chi connectivity index (χ0) is 24.6. The lowest BCUT2D eigenvalue weighted by atomic mass is 10.1. The van der Waals surface area contributed by atoms with E-state index < -0.39 is 21.6 Å². The third-order valence-corrected chi connectivity index (χ3v) is 7.05. The van der Waals surface area contributed by atoms with Crippen molar-refractivity contribution in [3.8, 4) is 0 Å². The van der Waals surface area contributed by atoms with Gasteiger partial charge >= 0.3 is 0 Å². The molecule has 8 heteroatoms. The van der Waals surface area contributed by atoms with Gasteiger partial charge in [-0.05, 0) is 51.8 Å². The summed E-state index contributed by atoms with van der Waals surface area (Å²) in [6, 6.07) is 17.0. The Bertz CT molecular complexity index is 1020. The molecule has 1 atom stereocenters. The van der Waals surface area contributed by atoms with Crippen molar-refractivity contribution in [3.63, 3.8) is 0 Å². The van der Waals surface area contributed by atoms with E-state index in [0.29, 0.717) is 13.0 Å². The minimum atomic E-state index is -3.61. The standard InChI is InChI=1S/C25H35N3O4S/c1-20(24(30)26-25(2,3)4)28(19-21-13-8-6-9-14-21)23(29)17-12-18-27(5)33(31,32)22-15-10-7-11-16-22/h6-11,13-16,20H,12,17-19H2,1-5H3,(H,26,30)/t20-/m0/s1. The van der Waals surface area contributed by atoms with Gasteiger partial charge in [0.2, 0.25) is 21.8 Å². The van der Waals surface area contributed by atoms with Crippen LogP contribution >= 0.6 is 0 Å². The summed E-state index contributed by atoms with van der Waals surface area (Å²) in [6.45, 7) is 7.90. The first-order valence-corrected chi connectivity index (χ1v) is 12.5. The number of rotatable bonds is 10. The average Bonchev–Trinajstić information content (AvgIpc) is 2.77. The molecule has 0 aromatic heterocycles. The molecule has 0 aliphatic rings. The third kappa shape index (κ3) is 7.98. The van der Waals surface area contributed by atoms with E-state index in [4.69, 9.17) is 0 Å². The van der Waals surface area contributed by atoms with E-state index in [-0.39, 0.29) is 29.7 Å². The van der Waals surface area contributed by atoms with Crippen molar-refractivity contribution in [1.82, 2.24) is 14.5 Å². The van der Waals surface area contributed by atoms with Crippen LogP contribution in [0.5, 0.6) is 0 Å². The highest BCUT2D eigenvalue weighted by atomic mass is 32.2. The normalized spacial score (nSPS) is 12.9. The molecule has 0 saturated heterocycles. The van der Waals surface area contributed by atoms with Crippen LogP contribution in [0.1, 0.15) is 46.1 Å². The third-order valence-electron chi connectivity index (χ3n) is 5.18. The fraction of sp³-hybridized carbons (Fsp3) is 0.440. The molecule has 0 aliphatic heterocycles. The van der Waals surface area contributed by atoms with Gasteiger partial charge in [-0.15, -0.1) is 0 Å². The number of nitrogens with one attached hydrogen (secondary N) is 1. The maximum Gasteiger partial charge on any atom is 0.242 e. The predicted molar refractivity (Wildman–Crippen MR) is 130 cm³/mol. The molecule has 2 rings (SSSR count). The number of hydrogen-bond donors (Lipinski definition) is 1. The number of nitrogens with zero attached hydrogens (tertiary/aromatic N) is 2. The fourth-order valence-electron chi connectivity index (χ4n) is 3.33. The minimum Gasteiger partial charge on any atom is -0.350 e. The molecular weight excluding hydrogens is 438 g/mol. The van der Waals surface area contributed by atoms with Crippen molar-refractivity contribution in [1.29, 1.82) is 0 Å². The van der Waals surface area contributed by atoms with Crippen molar-refractivity contribution in [2.24, 2.45) is 0 Å². The van der Waals surface area contributed by atoms with Crippen LogP contribution < -0.4 is 5.32 Å². The molecule has 0 aliphatic carbocycles. The maximum atomic E-state index is 13.1. The molecule has 0 radical (unpaired) electrons. The average molecular weight is 474 g/mol. The molecule has 7 nitrogen and oxygen atoms in total. The summed E-state index contributed by atoms with van der Waals surface area (Å²) < 4.78 is 26.6. The van der Waals surface area contributed by atoms with Gasteiger partial charge in [0.05, 0.1) is 4.90 Å². The van der Waals surface area contributed by atoms with E-state index in [1.807, 2.05) is 51.1 Å². The Balaban J connectivity index is 2.07. The van der Waals surface area contributed by atoms with Gasteiger partial charge in [0.1, 0.15) is 6.04 Å². The first-order chi connectivity index (χ1) is 15.4. The van der Waals surface area contributed by atoms with Crippen LogP contribution in [0, 0.1) is 0 Å². The number of benzene rings is 2. The van der Waals surface area contributed by atoms with Crippen molar-refractivity contribution in [2.45, 2.75) is 63.6 Å². The molecule has 180 valence electrons. The van der Waals surface area contributed by atoms with E-state index in [1.165, 1.54) is 11.4 Å². The highest BCUT2D eigenvalue weighted by molar-refractivity contribution is 7.89. The summed E-state index contributed by atoms with van der Waals surface area (Å²) in [5.41, 5.74) is 0.506. The summed E-state index contributed by atoms with van der Waals surface area (Å²) in [4.78, 5) is 27.7. The highest BCUT2D eigenvalue weighted by Gasteiger charge is 2.28. The van der Waals surface area contributed by atoms with Gasteiger partial charge in [-0.1, -0.05) is 48.5 Å². The molecule has 33 heavy (non-hydrogen) atoms. The summed E-state index contributed by atoms with van der Waals surface area (Å²) in [6.07, 6.45) is 0.481. The molecule has 0 saturated carbocycles. The largest absolute Gasteiger partial charge is 0.350 e. The van der Waals surface area contributed by atoms with Gasteiger partial charge in [-0.3, -0.25) is 9.59 Å². The zero-order valence-corrected chi connectivity index (χ0v) is 20.9. The molecule has 0 fully saturated rings. The lowest BCUT2D eigenvalue weighted by Gasteiger charge is -2.31. The van der Waals surface area contributed by atoms with Crippen LogP contribution in [0.2, 0.25) is 0 Å². The predicted octanol–water partition coefficient (Wildman–Crippen LogP) is 3.42. The second kappa shape index (κ2) is 11.4. The van der Waals surface area contributed by atoms with Gasteiger partial charge in [0.25, 0.3) is 0 Å². The number of sulfonamides is 1. The van der Waals surface area contributed by atoms with E-state index in [2.05, 4.69) is 5.32 Å². The number of hydrogen-bond acceptors (Lipinski definition) is 4. The number of carbonyl (C=O) groups is 2. The van der Waals surface area contributed by atoms with E-state index in [0.717, 1.165) is 5.56 Å². The zero-order valence-electron chi connectivity index (χ0n) is 20.1.